The van der Waals surface area contributed by atoms with Gasteiger partial charge in [-0.1, -0.05) is 18.2 Å². The summed E-state index contributed by atoms with van der Waals surface area (Å²) in [5.74, 6) is -0.0551. The number of sulfonamides is 1. The SMILES string of the molecule is O=C(C1CCCN1S(=O)(=O)c1ccccc1)N1CCN(Cc2ccc(Br)s2)CC1. The topological polar surface area (TPSA) is 60.9 Å². The van der Waals surface area contributed by atoms with E-state index in [9.17, 15) is 13.2 Å². The van der Waals surface area contributed by atoms with Crippen LogP contribution in [0.5, 0.6) is 0 Å². The smallest absolute Gasteiger partial charge is 0.243 e. The number of thiophene rings is 1. The van der Waals surface area contributed by atoms with Crippen molar-refractivity contribution >= 4 is 43.2 Å². The molecule has 2 fully saturated rings. The number of amides is 1. The average Bonchev–Trinajstić information content (AvgIpc) is 3.38. The summed E-state index contributed by atoms with van der Waals surface area (Å²) >= 11 is 5.23. The molecule has 0 N–H and O–H groups in total. The first-order valence-electron chi connectivity index (χ1n) is 9.77. The second kappa shape index (κ2) is 8.85. The number of carbonyl (C=O) groups excluding carboxylic acids is 1. The second-order valence-corrected chi connectivity index (χ2v) is 11.8. The first-order chi connectivity index (χ1) is 13.9. The zero-order valence-electron chi connectivity index (χ0n) is 16.0. The van der Waals surface area contributed by atoms with E-state index in [0.717, 1.165) is 29.8 Å². The lowest BCUT2D eigenvalue weighted by Crippen LogP contribution is -2.54. The van der Waals surface area contributed by atoms with Crippen LogP contribution in [0.4, 0.5) is 0 Å². The summed E-state index contributed by atoms with van der Waals surface area (Å²) in [7, 11) is -3.65. The quantitative estimate of drug-likeness (QED) is 0.636. The first kappa shape index (κ1) is 21.0. The molecule has 0 aliphatic carbocycles. The van der Waals surface area contributed by atoms with Gasteiger partial charge in [0, 0.05) is 44.1 Å². The third-order valence-corrected chi connectivity index (χ3v) is 9.06. The summed E-state index contributed by atoms with van der Waals surface area (Å²) in [5, 5.41) is 0. The Balaban J connectivity index is 1.39. The highest BCUT2D eigenvalue weighted by molar-refractivity contribution is 9.11. The molecule has 0 saturated carbocycles. The van der Waals surface area contributed by atoms with Gasteiger partial charge >= 0.3 is 0 Å². The molecule has 3 heterocycles. The van der Waals surface area contributed by atoms with Gasteiger partial charge in [0.25, 0.3) is 0 Å². The largest absolute Gasteiger partial charge is 0.339 e. The van der Waals surface area contributed by atoms with Gasteiger partial charge in [0.05, 0.1) is 8.68 Å². The second-order valence-electron chi connectivity index (χ2n) is 7.39. The van der Waals surface area contributed by atoms with E-state index in [2.05, 4.69) is 33.0 Å². The Morgan fingerprint density at radius 2 is 1.76 bits per heavy atom. The van der Waals surface area contributed by atoms with Gasteiger partial charge < -0.3 is 4.90 Å². The Kier molecular flexibility index (Phi) is 6.41. The summed E-state index contributed by atoms with van der Waals surface area (Å²) in [6.07, 6.45) is 1.31. The van der Waals surface area contributed by atoms with Crippen LogP contribution in [-0.2, 0) is 21.4 Å². The van der Waals surface area contributed by atoms with E-state index < -0.39 is 16.1 Å². The third-order valence-electron chi connectivity index (χ3n) is 5.53. The molecule has 0 bridgehead atoms. The minimum Gasteiger partial charge on any atom is -0.339 e. The van der Waals surface area contributed by atoms with Crippen molar-refractivity contribution in [3.63, 3.8) is 0 Å². The number of halogens is 1. The number of hydrogen-bond donors (Lipinski definition) is 0. The molecule has 4 rings (SSSR count). The zero-order valence-corrected chi connectivity index (χ0v) is 19.3. The van der Waals surface area contributed by atoms with Crippen LogP contribution < -0.4 is 0 Å². The van der Waals surface area contributed by atoms with Gasteiger partial charge in [0.15, 0.2) is 0 Å². The molecule has 9 heteroatoms. The first-order valence-corrected chi connectivity index (χ1v) is 12.8. The van der Waals surface area contributed by atoms with E-state index in [-0.39, 0.29) is 10.8 Å². The van der Waals surface area contributed by atoms with Crippen molar-refractivity contribution in [3.05, 3.63) is 51.1 Å². The molecule has 29 heavy (non-hydrogen) atoms. The average molecular weight is 498 g/mol. The summed E-state index contributed by atoms with van der Waals surface area (Å²) < 4.78 is 28.6. The molecule has 2 saturated heterocycles. The van der Waals surface area contributed by atoms with Gasteiger partial charge in [0.1, 0.15) is 6.04 Å². The molecule has 156 valence electrons. The maximum atomic E-state index is 13.2. The van der Waals surface area contributed by atoms with Crippen molar-refractivity contribution in [1.29, 1.82) is 0 Å². The summed E-state index contributed by atoms with van der Waals surface area (Å²) in [6, 6.07) is 12.0. The Hall–Kier alpha value is -1.26. The predicted octanol–water partition coefficient (Wildman–Crippen LogP) is 3.01. The van der Waals surface area contributed by atoms with E-state index >= 15 is 0 Å². The monoisotopic (exact) mass is 497 g/mol. The fourth-order valence-corrected chi connectivity index (χ4v) is 7.19. The lowest BCUT2D eigenvalue weighted by Gasteiger charge is -2.37. The molecular weight excluding hydrogens is 474 g/mol. The van der Waals surface area contributed by atoms with Gasteiger partial charge in [-0.15, -0.1) is 11.3 Å². The molecule has 0 radical (unpaired) electrons. The Morgan fingerprint density at radius 1 is 1.03 bits per heavy atom. The predicted molar refractivity (Wildman–Crippen MR) is 117 cm³/mol. The minimum absolute atomic E-state index is 0.0551. The van der Waals surface area contributed by atoms with E-state index in [4.69, 9.17) is 0 Å². The van der Waals surface area contributed by atoms with Crippen LogP contribution in [0, 0.1) is 0 Å². The van der Waals surface area contributed by atoms with Crippen LogP contribution in [0.3, 0.4) is 0 Å². The van der Waals surface area contributed by atoms with Gasteiger partial charge in [0.2, 0.25) is 15.9 Å². The van der Waals surface area contributed by atoms with E-state index in [0.29, 0.717) is 26.1 Å². The Bertz CT molecular complexity index is 956. The molecule has 0 spiro atoms. The van der Waals surface area contributed by atoms with Crippen molar-refractivity contribution in [2.45, 2.75) is 30.3 Å². The highest BCUT2D eigenvalue weighted by Crippen LogP contribution is 2.28. The molecule has 1 aromatic heterocycles. The van der Waals surface area contributed by atoms with E-state index in [1.807, 2.05) is 4.90 Å². The van der Waals surface area contributed by atoms with Crippen molar-refractivity contribution in [1.82, 2.24) is 14.1 Å². The zero-order chi connectivity index (χ0) is 20.4. The van der Waals surface area contributed by atoms with Gasteiger partial charge in [-0.25, -0.2) is 8.42 Å². The maximum absolute atomic E-state index is 13.2. The summed E-state index contributed by atoms with van der Waals surface area (Å²) in [6.45, 7) is 4.18. The normalized spacial score (nSPS) is 21.6. The number of rotatable bonds is 5. The van der Waals surface area contributed by atoms with Crippen LogP contribution in [-0.4, -0.2) is 67.2 Å². The van der Waals surface area contributed by atoms with Crippen LogP contribution in [0.25, 0.3) is 0 Å². The molecule has 6 nitrogen and oxygen atoms in total. The van der Waals surface area contributed by atoms with Gasteiger partial charge in [-0.3, -0.25) is 9.69 Å². The molecule has 1 atom stereocenters. The van der Waals surface area contributed by atoms with Gasteiger partial charge in [-0.2, -0.15) is 4.31 Å². The molecule has 2 aliphatic rings. The van der Waals surface area contributed by atoms with Crippen LogP contribution >= 0.6 is 27.3 Å². The number of nitrogens with zero attached hydrogens (tertiary/aromatic N) is 3. The lowest BCUT2D eigenvalue weighted by atomic mass is 10.2. The maximum Gasteiger partial charge on any atom is 0.243 e. The molecule has 2 aromatic rings. The number of piperazine rings is 1. The van der Waals surface area contributed by atoms with Crippen LogP contribution in [0.15, 0.2) is 51.1 Å². The Morgan fingerprint density at radius 3 is 2.41 bits per heavy atom. The van der Waals surface area contributed by atoms with Crippen LogP contribution in [0.1, 0.15) is 17.7 Å². The van der Waals surface area contributed by atoms with Crippen molar-refractivity contribution < 1.29 is 13.2 Å². The fourth-order valence-electron chi connectivity index (χ4n) is 4.00. The number of carbonyl (C=O) groups is 1. The lowest BCUT2D eigenvalue weighted by molar-refractivity contribution is -0.136. The highest BCUT2D eigenvalue weighted by Gasteiger charge is 2.41. The van der Waals surface area contributed by atoms with Crippen molar-refractivity contribution in [2.75, 3.05) is 32.7 Å². The van der Waals surface area contributed by atoms with Crippen LogP contribution in [0.2, 0.25) is 0 Å². The Labute approximate surface area is 184 Å². The third kappa shape index (κ3) is 4.59. The molecule has 1 aromatic carbocycles. The molecule has 1 amide bonds. The number of benzene rings is 1. The minimum atomic E-state index is -3.65. The van der Waals surface area contributed by atoms with E-state index in [1.165, 1.54) is 9.18 Å². The fraction of sp³-hybridized carbons (Fsp3) is 0.450. The molecular formula is C20H24BrN3O3S2. The van der Waals surface area contributed by atoms with Crippen molar-refractivity contribution in [2.24, 2.45) is 0 Å². The van der Waals surface area contributed by atoms with Gasteiger partial charge in [-0.05, 0) is 53.0 Å². The number of hydrogen-bond acceptors (Lipinski definition) is 5. The van der Waals surface area contributed by atoms with E-state index in [1.54, 1.807) is 41.7 Å². The summed E-state index contributed by atoms with van der Waals surface area (Å²) in [5.41, 5.74) is 0. The standard InChI is InChI=1S/C20H24BrN3O3S2/c21-19-9-8-16(28-19)15-22-11-13-23(14-12-22)20(25)18-7-4-10-24(18)29(26,27)17-5-2-1-3-6-17/h1-3,5-6,8-9,18H,4,7,10-15H2. The molecule has 1 unspecified atom stereocenters. The highest BCUT2D eigenvalue weighted by atomic mass is 79.9. The summed E-state index contributed by atoms with van der Waals surface area (Å²) in [4.78, 5) is 18.9. The van der Waals surface area contributed by atoms with Crippen molar-refractivity contribution in [3.8, 4) is 0 Å². The molecule has 2 aliphatic heterocycles.